The maximum absolute atomic E-state index is 6.67. The standard InChI is InChI=1S/C31H19N3O/c1-2-10-20(11-3-1)31-32-23-14-8-19-28-29(23)34(31)27-18-9-17-26(30(27)35-28)33-24-15-6-4-12-21(24)22-13-5-7-16-25(22)33/h1-19H. The number of aromatic nitrogens is 3. The third-order valence-electron chi connectivity index (χ3n) is 6.92. The Kier molecular flexibility index (Phi) is 3.63. The van der Waals surface area contributed by atoms with Gasteiger partial charge < -0.3 is 9.30 Å². The van der Waals surface area contributed by atoms with E-state index >= 15 is 0 Å². The number of imidazole rings is 1. The minimum absolute atomic E-state index is 0.817. The lowest BCUT2D eigenvalue weighted by Crippen LogP contribution is -2.09. The average molecular weight is 450 g/mol. The summed E-state index contributed by atoms with van der Waals surface area (Å²) in [6, 6.07) is 39.9. The zero-order valence-corrected chi connectivity index (χ0v) is 18.7. The molecule has 0 saturated heterocycles. The average Bonchev–Trinajstić information content (AvgIpc) is 3.47. The predicted molar refractivity (Wildman–Crippen MR) is 141 cm³/mol. The fourth-order valence-corrected chi connectivity index (χ4v) is 5.46. The summed E-state index contributed by atoms with van der Waals surface area (Å²) in [4.78, 5) is 5.02. The fraction of sp³-hybridized carbons (Fsp3) is 0. The van der Waals surface area contributed by atoms with Gasteiger partial charge in [0.1, 0.15) is 11.3 Å². The second-order valence-corrected chi connectivity index (χ2v) is 8.86. The molecule has 0 bridgehead atoms. The van der Waals surface area contributed by atoms with Crippen molar-refractivity contribution in [3.63, 3.8) is 0 Å². The van der Waals surface area contributed by atoms with Gasteiger partial charge >= 0.3 is 0 Å². The molecule has 5 aromatic carbocycles. The van der Waals surface area contributed by atoms with E-state index in [0.717, 1.165) is 56.3 Å². The number of hydrogen-bond donors (Lipinski definition) is 0. The largest absolute Gasteiger partial charge is 0.451 e. The molecule has 4 nitrogen and oxygen atoms in total. The number of para-hydroxylation sites is 4. The van der Waals surface area contributed by atoms with Gasteiger partial charge in [0.25, 0.3) is 0 Å². The highest BCUT2D eigenvalue weighted by Gasteiger charge is 2.28. The Labute approximate surface area is 201 Å². The van der Waals surface area contributed by atoms with E-state index in [0.29, 0.717) is 0 Å². The minimum Gasteiger partial charge on any atom is -0.451 e. The number of hydrogen-bond acceptors (Lipinski definition) is 2. The van der Waals surface area contributed by atoms with E-state index in [2.05, 4.69) is 100 Å². The summed E-state index contributed by atoms with van der Waals surface area (Å²) >= 11 is 0. The van der Waals surface area contributed by atoms with Crippen molar-refractivity contribution in [3.8, 4) is 34.3 Å². The van der Waals surface area contributed by atoms with Crippen LogP contribution in [0.2, 0.25) is 0 Å². The highest BCUT2D eigenvalue weighted by Crippen LogP contribution is 2.47. The minimum atomic E-state index is 0.817. The van der Waals surface area contributed by atoms with Gasteiger partial charge in [0.2, 0.25) is 0 Å². The van der Waals surface area contributed by atoms with Gasteiger partial charge in [-0.25, -0.2) is 4.98 Å². The van der Waals surface area contributed by atoms with Crippen molar-refractivity contribution in [2.75, 3.05) is 0 Å². The summed E-state index contributed by atoms with van der Waals surface area (Å²) in [5, 5.41) is 2.46. The smallest absolute Gasteiger partial charge is 0.175 e. The first-order valence-corrected chi connectivity index (χ1v) is 11.8. The van der Waals surface area contributed by atoms with Crippen molar-refractivity contribution >= 4 is 32.8 Å². The summed E-state index contributed by atoms with van der Waals surface area (Å²) < 4.78 is 11.2. The molecule has 35 heavy (non-hydrogen) atoms. The number of nitrogens with zero attached hydrogens (tertiary/aromatic N) is 3. The molecule has 0 atom stereocenters. The monoisotopic (exact) mass is 449 g/mol. The van der Waals surface area contributed by atoms with Gasteiger partial charge in [-0.1, -0.05) is 78.9 Å². The first-order valence-electron chi connectivity index (χ1n) is 11.8. The third kappa shape index (κ3) is 2.48. The molecule has 8 rings (SSSR count). The fourth-order valence-electron chi connectivity index (χ4n) is 5.46. The molecule has 0 saturated carbocycles. The summed E-state index contributed by atoms with van der Waals surface area (Å²) in [7, 11) is 0. The molecule has 0 N–H and O–H groups in total. The maximum atomic E-state index is 6.67. The van der Waals surface area contributed by atoms with Gasteiger partial charge in [-0.3, -0.25) is 4.57 Å². The molecule has 0 unspecified atom stereocenters. The topological polar surface area (TPSA) is 32.0 Å². The van der Waals surface area contributed by atoms with Gasteiger partial charge in [-0.15, -0.1) is 0 Å². The number of fused-ring (bicyclic) bond motifs is 5. The Morgan fingerprint density at radius 1 is 0.543 bits per heavy atom. The van der Waals surface area contributed by atoms with E-state index < -0.39 is 0 Å². The number of rotatable bonds is 2. The zero-order chi connectivity index (χ0) is 22.9. The van der Waals surface area contributed by atoms with Crippen LogP contribution in [0.15, 0.2) is 115 Å². The molecule has 0 amide bonds. The van der Waals surface area contributed by atoms with Gasteiger partial charge in [0.15, 0.2) is 11.5 Å². The Balaban J connectivity index is 1.49. The van der Waals surface area contributed by atoms with Crippen LogP contribution in [0.25, 0.3) is 55.6 Å². The second kappa shape index (κ2) is 6.84. The Morgan fingerprint density at radius 2 is 1.17 bits per heavy atom. The van der Waals surface area contributed by atoms with Gasteiger partial charge in [-0.2, -0.15) is 0 Å². The Morgan fingerprint density at radius 3 is 1.91 bits per heavy atom. The molecule has 0 radical (unpaired) electrons. The van der Waals surface area contributed by atoms with E-state index in [-0.39, 0.29) is 0 Å². The highest BCUT2D eigenvalue weighted by molar-refractivity contribution is 6.09. The van der Waals surface area contributed by atoms with Gasteiger partial charge in [0.05, 0.1) is 27.9 Å². The van der Waals surface area contributed by atoms with Crippen molar-refractivity contribution in [3.05, 3.63) is 115 Å². The number of benzene rings is 5. The van der Waals surface area contributed by atoms with Crippen LogP contribution < -0.4 is 4.74 Å². The summed E-state index contributed by atoms with van der Waals surface area (Å²) in [5.41, 5.74) is 7.31. The van der Waals surface area contributed by atoms with Crippen molar-refractivity contribution in [1.29, 1.82) is 0 Å². The third-order valence-corrected chi connectivity index (χ3v) is 6.92. The number of ether oxygens (including phenoxy) is 1. The highest BCUT2D eigenvalue weighted by atomic mass is 16.5. The van der Waals surface area contributed by atoms with Crippen molar-refractivity contribution in [2.45, 2.75) is 0 Å². The molecule has 0 spiro atoms. The van der Waals surface area contributed by atoms with Crippen LogP contribution in [0.3, 0.4) is 0 Å². The van der Waals surface area contributed by atoms with Crippen LogP contribution in [-0.2, 0) is 0 Å². The maximum Gasteiger partial charge on any atom is 0.175 e. The lowest BCUT2D eigenvalue weighted by molar-refractivity contribution is 0.474. The molecular formula is C31H19N3O. The van der Waals surface area contributed by atoms with E-state index in [1.165, 1.54) is 10.8 Å². The zero-order valence-electron chi connectivity index (χ0n) is 18.7. The molecule has 164 valence electrons. The molecule has 7 aromatic rings. The molecule has 0 fully saturated rings. The van der Waals surface area contributed by atoms with Crippen LogP contribution in [0, 0.1) is 0 Å². The summed E-state index contributed by atoms with van der Waals surface area (Å²) in [5.74, 6) is 2.56. The molecule has 2 aromatic heterocycles. The van der Waals surface area contributed by atoms with E-state index in [1.54, 1.807) is 0 Å². The summed E-state index contributed by atoms with van der Waals surface area (Å²) in [6.45, 7) is 0. The lowest BCUT2D eigenvalue weighted by Gasteiger charge is -2.24. The second-order valence-electron chi connectivity index (χ2n) is 8.86. The molecular weight excluding hydrogens is 430 g/mol. The SMILES string of the molecule is c1ccc(-c2nc3cccc4c3n2-c2cccc(-n3c5ccccc5c5ccccc53)c2O4)cc1. The normalized spacial score (nSPS) is 12.2. The van der Waals surface area contributed by atoms with Crippen molar-refractivity contribution in [1.82, 2.24) is 14.1 Å². The first kappa shape index (κ1) is 18.6. The summed E-state index contributed by atoms with van der Waals surface area (Å²) in [6.07, 6.45) is 0. The lowest BCUT2D eigenvalue weighted by atomic mass is 10.1. The van der Waals surface area contributed by atoms with Crippen LogP contribution >= 0.6 is 0 Å². The van der Waals surface area contributed by atoms with E-state index in [1.807, 2.05) is 24.3 Å². The first-order chi connectivity index (χ1) is 17.4. The van der Waals surface area contributed by atoms with Gasteiger partial charge in [-0.05, 0) is 36.4 Å². The van der Waals surface area contributed by atoms with Crippen molar-refractivity contribution in [2.24, 2.45) is 0 Å². The molecule has 0 aliphatic carbocycles. The molecule has 4 heteroatoms. The molecule has 1 aliphatic rings. The van der Waals surface area contributed by atoms with Crippen LogP contribution in [0.5, 0.6) is 11.5 Å². The van der Waals surface area contributed by atoms with Crippen LogP contribution in [0.1, 0.15) is 0 Å². The Hall–Kier alpha value is -4.83. The quantitative estimate of drug-likeness (QED) is 0.269. The molecule has 3 heterocycles. The van der Waals surface area contributed by atoms with Gasteiger partial charge in [0, 0.05) is 16.3 Å². The van der Waals surface area contributed by atoms with E-state index in [4.69, 9.17) is 9.72 Å². The van der Waals surface area contributed by atoms with Crippen LogP contribution in [-0.4, -0.2) is 14.1 Å². The predicted octanol–water partition coefficient (Wildman–Crippen LogP) is 7.90. The van der Waals surface area contributed by atoms with Crippen molar-refractivity contribution < 1.29 is 4.74 Å². The van der Waals surface area contributed by atoms with E-state index in [9.17, 15) is 0 Å². The van der Waals surface area contributed by atoms with Crippen LogP contribution in [0.4, 0.5) is 0 Å². The Bertz CT molecular complexity index is 1880. The molecule has 1 aliphatic heterocycles.